The minimum absolute atomic E-state index is 0.380. The lowest BCUT2D eigenvalue weighted by molar-refractivity contribution is 0.0601. The molecule has 2 aromatic heterocycles. The minimum atomic E-state index is -0.386. The van der Waals surface area contributed by atoms with Crippen molar-refractivity contribution >= 4 is 29.0 Å². The SMILES string of the molecule is COC(=O)c1cnc(Nc2ccc(N3CCNCC3)cn2)cc1NC1CCCC1. The van der Waals surface area contributed by atoms with Gasteiger partial charge in [-0.15, -0.1) is 0 Å². The highest BCUT2D eigenvalue weighted by Crippen LogP contribution is 2.27. The first-order valence-electron chi connectivity index (χ1n) is 10.3. The van der Waals surface area contributed by atoms with Gasteiger partial charge in [0.1, 0.15) is 17.2 Å². The van der Waals surface area contributed by atoms with Crippen LogP contribution in [0.15, 0.2) is 30.6 Å². The van der Waals surface area contributed by atoms with Crippen LogP contribution in [-0.4, -0.2) is 55.3 Å². The van der Waals surface area contributed by atoms with E-state index in [1.165, 1.54) is 20.0 Å². The topological polar surface area (TPSA) is 91.4 Å². The lowest BCUT2D eigenvalue weighted by Crippen LogP contribution is -2.43. The second kappa shape index (κ2) is 9.09. The molecule has 0 atom stereocenters. The molecule has 3 heterocycles. The van der Waals surface area contributed by atoms with Crippen molar-refractivity contribution in [1.29, 1.82) is 0 Å². The summed E-state index contributed by atoms with van der Waals surface area (Å²) in [4.78, 5) is 23.4. The molecular formula is C21H28N6O2. The Hall–Kier alpha value is -2.87. The first kappa shape index (κ1) is 19.4. The lowest BCUT2D eigenvalue weighted by Gasteiger charge is -2.29. The van der Waals surface area contributed by atoms with Gasteiger partial charge in [-0.05, 0) is 25.0 Å². The fraction of sp³-hybridized carbons (Fsp3) is 0.476. The lowest BCUT2D eigenvalue weighted by atomic mass is 10.2. The Bertz CT molecular complexity index is 830. The molecule has 8 heteroatoms. The van der Waals surface area contributed by atoms with Crippen LogP contribution in [0, 0.1) is 0 Å². The second-order valence-corrected chi connectivity index (χ2v) is 7.50. The molecule has 1 saturated heterocycles. The molecular weight excluding hydrogens is 368 g/mol. The van der Waals surface area contributed by atoms with Gasteiger partial charge >= 0.3 is 5.97 Å². The number of hydrogen-bond acceptors (Lipinski definition) is 8. The number of pyridine rings is 2. The van der Waals surface area contributed by atoms with E-state index in [4.69, 9.17) is 4.74 Å². The Morgan fingerprint density at radius 1 is 1.14 bits per heavy atom. The van der Waals surface area contributed by atoms with E-state index < -0.39 is 0 Å². The summed E-state index contributed by atoms with van der Waals surface area (Å²) in [7, 11) is 1.39. The number of carbonyl (C=O) groups is 1. The maximum atomic E-state index is 12.1. The van der Waals surface area contributed by atoms with Crippen LogP contribution in [0.3, 0.4) is 0 Å². The van der Waals surface area contributed by atoms with E-state index in [9.17, 15) is 4.79 Å². The Balaban J connectivity index is 1.49. The smallest absolute Gasteiger partial charge is 0.341 e. The van der Waals surface area contributed by atoms with E-state index in [2.05, 4.69) is 36.9 Å². The fourth-order valence-corrected chi connectivity index (χ4v) is 3.91. The number of methoxy groups -OCH3 is 1. The number of esters is 1. The van der Waals surface area contributed by atoms with Crippen molar-refractivity contribution in [2.45, 2.75) is 31.7 Å². The molecule has 154 valence electrons. The quantitative estimate of drug-likeness (QED) is 0.642. The van der Waals surface area contributed by atoms with Gasteiger partial charge < -0.3 is 25.6 Å². The second-order valence-electron chi connectivity index (χ2n) is 7.50. The summed E-state index contributed by atoms with van der Waals surface area (Å²) in [5, 5.41) is 10.1. The monoisotopic (exact) mass is 396 g/mol. The van der Waals surface area contributed by atoms with Crippen LogP contribution in [0.2, 0.25) is 0 Å². The average Bonchev–Trinajstić information content (AvgIpc) is 3.28. The van der Waals surface area contributed by atoms with Gasteiger partial charge in [-0.25, -0.2) is 14.8 Å². The molecule has 8 nitrogen and oxygen atoms in total. The largest absolute Gasteiger partial charge is 0.465 e. The Labute approximate surface area is 171 Å². The number of nitrogens with zero attached hydrogens (tertiary/aromatic N) is 3. The Morgan fingerprint density at radius 3 is 2.59 bits per heavy atom. The van der Waals surface area contributed by atoms with Crippen LogP contribution in [0.1, 0.15) is 36.0 Å². The van der Waals surface area contributed by atoms with E-state index in [-0.39, 0.29) is 5.97 Å². The number of carbonyl (C=O) groups excluding carboxylic acids is 1. The maximum Gasteiger partial charge on any atom is 0.341 e. The number of hydrogen-bond donors (Lipinski definition) is 3. The fourth-order valence-electron chi connectivity index (χ4n) is 3.91. The van der Waals surface area contributed by atoms with Crippen LogP contribution >= 0.6 is 0 Å². The number of rotatable bonds is 6. The zero-order chi connectivity index (χ0) is 20.1. The summed E-state index contributed by atoms with van der Waals surface area (Å²) in [6, 6.07) is 6.26. The van der Waals surface area contributed by atoms with E-state index in [0.29, 0.717) is 23.2 Å². The normalized spacial score (nSPS) is 17.2. The first-order chi connectivity index (χ1) is 14.2. The van der Waals surface area contributed by atoms with E-state index in [0.717, 1.165) is 50.4 Å². The van der Waals surface area contributed by atoms with Crippen molar-refractivity contribution in [2.75, 3.05) is 48.8 Å². The molecule has 0 bridgehead atoms. The molecule has 1 aliphatic heterocycles. The van der Waals surface area contributed by atoms with Crippen molar-refractivity contribution in [3.8, 4) is 0 Å². The van der Waals surface area contributed by atoms with Gasteiger partial charge in [0.2, 0.25) is 0 Å². The highest BCUT2D eigenvalue weighted by Gasteiger charge is 2.20. The summed E-state index contributed by atoms with van der Waals surface area (Å²) in [5.74, 6) is 0.970. The molecule has 1 saturated carbocycles. The molecule has 0 radical (unpaired) electrons. The maximum absolute atomic E-state index is 12.1. The zero-order valence-electron chi connectivity index (χ0n) is 16.8. The molecule has 2 aromatic rings. The molecule has 4 rings (SSSR count). The number of piperazine rings is 1. The number of anilines is 4. The van der Waals surface area contributed by atoms with Crippen LogP contribution < -0.4 is 20.9 Å². The summed E-state index contributed by atoms with van der Waals surface area (Å²) in [6.45, 7) is 3.96. The van der Waals surface area contributed by atoms with Crippen molar-refractivity contribution in [3.05, 3.63) is 36.2 Å². The standard InChI is InChI=1S/C21H28N6O2/c1-29-21(28)17-14-24-20(12-18(17)25-15-4-2-3-5-15)26-19-7-6-16(13-23-19)27-10-8-22-9-11-27/h6-7,12-15,22H,2-5,8-11H2,1H3,(H2,23,24,25,26). The Kier molecular flexibility index (Phi) is 6.09. The minimum Gasteiger partial charge on any atom is -0.465 e. The molecule has 3 N–H and O–H groups in total. The summed E-state index contributed by atoms with van der Waals surface area (Å²) in [6.07, 6.45) is 8.09. The number of ether oxygens (including phenoxy) is 1. The summed E-state index contributed by atoms with van der Waals surface area (Å²) in [5.41, 5.74) is 2.32. The first-order valence-corrected chi connectivity index (χ1v) is 10.3. The van der Waals surface area contributed by atoms with Gasteiger partial charge in [0.15, 0.2) is 0 Å². The predicted molar refractivity (Wildman–Crippen MR) is 114 cm³/mol. The van der Waals surface area contributed by atoms with E-state index >= 15 is 0 Å². The van der Waals surface area contributed by atoms with Gasteiger partial charge in [-0.3, -0.25) is 0 Å². The van der Waals surface area contributed by atoms with Gasteiger partial charge in [-0.1, -0.05) is 12.8 Å². The van der Waals surface area contributed by atoms with Crippen LogP contribution in [0.5, 0.6) is 0 Å². The van der Waals surface area contributed by atoms with Crippen molar-refractivity contribution in [3.63, 3.8) is 0 Å². The van der Waals surface area contributed by atoms with Gasteiger partial charge in [0, 0.05) is 44.5 Å². The molecule has 2 fully saturated rings. The number of nitrogens with one attached hydrogen (secondary N) is 3. The molecule has 29 heavy (non-hydrogen) atoms. The predicted octanol–water partition coefficient (Wildman–Crippen LogP) is 2.77. The average molecular weight is 396 g/mol. The van der Waals surface area contributed by atoms with Gasteiger partial charge in [0.25, 0.3) is 0 Å². The van der Waals surface area contributed by atoms with E-state index in [1.54, 1.807) is 6.20 Å². The van der Waals surface area contributed by atoms with Crippen LogP contribution in [-0.2, 0) is 4.74 Å². The third-order valence-electron chi connectivity index (χ3n) is 5.51. The van der Waals surface area contributed by atoms with Crippen molar-refractivity contribution in [1.82, 2.24) is 15.3 Å². The highest BCUT2D eigenvalue weighted by atomic mass is 16.5. The molecule has 0 spiro atoms. The Morgan fingerprint density at radius 2 is 1.90 bits per heavy atom. The van der Waals surface area contributed by atoms with Crippen LogP contribution in [0.25, 0.3) is 0 Å². The highest BCUT2D eigenvalue weighted by molar-refractivity contribution is 5.96. The summed E-state index contributed by atoms with van der Waals surface area (Å²) < 4.78 is 4.91. The third-order valence-corrected chi connectivity index (χ3v) is 5.51. The van der Waals surface area contributed by atoms with Gasteiger partial charge in [0.05, 0.1) is 24.7 Å². The molecule has 1 aliphatic carbocycles. The van der Waals surface area contributed by atoms with E-state index in [1.807, 2.05) is 18.3 Å². The van der Waals surface area contributed by atoms with Crippen LogP contribution in [0.4, 0.5) is 23.0 Å². The van der Waals surface area contributed by atoms with Crippen molar-refractivity contribution < 1.29 is 9.53 Å². The molecule has 0 amide bonds. The molecule has 0 aromatic carbocycles. The number of aromatic nitrogens is 2. The zero-order valence-corrected chi connectivity index (χ0v) is 16.8. The molecule has 2 aliphatic rings. The van der Waals surface area contributed by atoms with Crippen molar-refractivity contribution in [2.24, 2.45) is 0 Å². The van der Waals surface area contributed by atoms with Gasteiger partial charge in [-0.2, -0.15) is 0 Å². The third kappa shape index (κ3) is 4.76. The summed E-state index contributed by atoms with van der Waals surface area (Å²) >= 11 is 0. The molecule has 0 unspecified atom stereocenters.